The lowest BCUT2D eigenvalue weighted by Crippen LogP contribution is -2.53. The van der Waals surface area contributed by atoms with Gasteiger partial charge in [0.2, 0.25) is 0 Å². The average molecular weight is 509 g/mol. The number of hydrogen-bond acceptors (Lipinski definition) is 7. The Balaban J connectivity index is 1.91. The van der Waals surface area contributed by atoms with E-state index in [0.29, 0.717) is 34.9 Å². The molecule has 1 N–H and O–H groups in total. The van der Waals surface area contributed by atoms with Crippen LogP contribution in [0.25, 0.3) is 0 Å². The number of methoxy groups -OCH3 is 1. The van der Waals surface area contributed by atoms with Crippen molar-refractivity contribution in [2.45, 2.75) is 69.9 Å². The normalized spacial score (nSPS) is 22.0. The number of ether oxygens (including phenoxy) is 1. The number of aliphatic carboxylic acids is 1. The van der Waals surface area contributed by atoms with E-state index in [9.17, 15) is 14.7 Å². The summed E-state index contributed by atoms with van der Waals surface area (Å²) in [6, 6.07) is 4.78. The molecule has 3 atom stereocenters. The van der Waals surface area contributed by atoms with Gasteiger partial charge in [-0.15, -0.1) is 11.3 Å². The molecular weight excluding hydrogens is 476 g/mol. The van der Waals surface area contributed by atoms with Crippen LogP contribution in [0.2, 0.25) is 0 Å². The summed E-state index contributed by atoms with van der Waals surface area (Å²) in [5, 5.41) is 13.1. The van der Waals surface area contributed by atoms with Crippen LogP contribution in [0.1, 0.15) is 85.5 Å². The number of carbonyl (C=O) groups excluding carboxylic acids is 1. The highest BCUT2D eigenvalue weighted by atomic mass is 32.1. The first kappa shape index (κ1) is 25.8. The maximum Gasteiger partial charge on any atom is 0.329 e. The molecule has 36 heavy (non-hydrogen) atoms. The van der Waals surface area contributed by atoms with E-state index >= 15 is 0 Å². The Morgan fingerprint density at radius 2 is 2.00 bits per heavy atom. The molecule has 190 valence electrons. The third-order valence-corrected chi connectivity index (χ3v) is 7.73. The summed E-state index contributed by atoms with van der Waals surface area (Å²) >= 11 is 1.41. The molecular formula is C27H32N4O4S. The maximum atomic E-state index is 14.3. The number of hydrogen-bond donors (Lipinski definition) is 1. The third-order valence-electron chi connectivity index (χ3n) is 6.88. The molecule has 1 fully saturated rings. The highest BCUT2D eigenvalue weighted by Gasteiger charge is 2.59. The fraction of sp³-hybridized carbons (Fsp3) is 0.444. The Bertz CT molecular complexity index is 1230. The second kappa shape index (κ2) is 9.97. The number of likely N-dealkylation sites (tertiary alicyclic amines) is 1. The Morgan fingerprint density at radius 3 is 2.56 bits per heavy atom. The Morgan fingerprint density at radius 1 is 1.22 bits per heavy atom. The molecule has 8 nitrogen and oxygen atoms in total. The summed E-state index contributed by atoms with van der Waals surface area (Å²) in [4.78, 5) is 42.1. The van der Waals surface area contributed by atoms with E-state index in [1.807, 2.05) is 18.4 Å². The largest absolute Gasteiger partial charge is 0.496 e. The fourth-order valence-corrected chi connectivity index (χ4v) is 6.08. The third kappa shape index (κ3) is 4.48. The standard InChI is InChI=1S/C27H32N4O4S/c1-6-9-27(25(33)34)15-18(20-16-28-10-11-29-20)22(23-30-12-13-36-23)31(27)24(32)17-7-8-19(26(2,3)4)21(14-17)35-5/h7-8,10-14,16,18,22H,6,9,15H2,1-5H3,(H,33,34)/t18-,22-,27+/m1/s1. The molecule has 1 saturated heterocycles. The minimum Gasteiger partial charge on any atom is -0.496 e. The predicted octanol–water partition coefficient (Wildman–Crippen LogP) is 5.23. The van der Waals surface area contributed by atoms with Gasteiger partial charge < -0.3 is 14.7 Å². The molecule has 0 bridgehead atoms. The van der Waals surface area contributed by atoms with Crippen molar-refractivity contribution >= 4 is 23.2 Å². The molecule has 0 unspecified atom stereocenters. The topological polar surface area (TPSA) is 106 Å². The van der Waals surface area contributed by atoms with Gasteiger partial charge in [-0.25, -0.2) is 9.78 Å². The number of amides is 1. The minimum absolute atomic E-state index is 0.186. The maximum absolute atomic E-state index is 14.3. The van der Waals surface area contributed by atoms with Crippen LogP contribution < -0.4 is 4.74 Å². The van der Waals surface area contributed by atoms with Crippen molar-refractivity contribution in [2.24, 2.45) is 0 Å². The fourth-order valence-electron chi connectivity index (χ4n) is 5.29. The number of carbonyl (C=O) groups is 2. The van der Waals surface area contributed by atoms with Gasteiger partial charge in [0.15, 0.2) is 0 Å². The van der Waals surface area contributed by atoms with Crippen LogP contribution in [-0.2, 0) is 10.2 Å². The lowest BCUT2D eigenvalue weighted by molar-refractivity contribution is -0.149. The van der Waals surface area contributed by atoms with Crippen molar-refractivity contribution in [3.05, 3.63) is 70.2 Å². The van der Waals surface area contributed by atoms with Crippen LogP contribution in [0.5, 0.6) is 5.75 Å². The highest BCUT2D eigenvalue weighted by Crippen LogP contribution is 2.54. The quantitative estimate of drug-likeness (QED) is 0.466. The lowest BCUT2D eigenvalue weighted by atomic mass is 9.85. The van der Waals surface area contributed by atoms with E-state index in [4.69, 9.17) is 4.74 Å². The van der Waals surface area contributed by atoms with E-state index in [2.05, 4.69) is 35.7 Å². The van der Waals surface area contributed by atoms with Gasteiger partial charge in [0, 0.05) is 41.6 Å². The van der Waals surface area contributed by atoms with Crippen LogP contribution in [-0.4, -0.2) is 49.5 Å². The van der Waals surface area contributed by atoms with Gasteiger partial charge >= 0.3 is 5.97 Å². The number of rotatable bonds is 7. The Labute approximate surface area is 215 Å². The van der Waals surface area contributed by atoms with Crippen LogP contribution in [0.3, 0.4) is 0 Å². The zero-order chi connectivity index (χ0) is 26.1. The van der Waals surface area contributed by atoms with Gasteiger partial charge in [-0.1, -0.05) is 40.2 Å². The summed E-state index contributed by atoms with van der Waals surface area (Å²) < 4.78 is 5.65. The second-order valence-electron chi connectivity index (χ2n) is 10.2. The molecule has 4 rings (SSSR count). The van der Waals surface area contributed by atoms with Crippen molar-refractivity contribution in [3.63, 3.8) is 0 Å². The minimum atomic E-state index is -1.42. The van der Waals surface area contributed by atoms with Gasteiger partial charge in [-0.05, 0) is 36.0 Å². The summed E-state index contributed by atoms with van der Waals surface area (Å²) in [5.41, 5.74) is 0.391. The van der Waals surface area contributed by atoms with Gasteiger partial charge in [0.1, 0.15) is 16.3 Å². The monoisotopic (exact) mass is 508 g/mol. The smallest absolute Gasteiger partial charge is 0.329 e. The van der Waals surface area contributed by atoms with E-state index in [0.717, 1.165) is 5.56 Å². The molecule has 1 aromatic carbocycles. The average Bonchev–Trinajstić information content (AvgIpc) is 3.50. The van der Waals surface area contributed by atoms with E-state index in [1.54, 1.807) is 48.9 Å². The number of carboxylic acid groups (broad SMARTS) is 1. The second-order valence-corrected chi connectivity index (χ2v) is 11.1. The molecule has 1 aliphatic rings. The van der Waals surface area contributed by atoms with E-state index in [1.165, 1.54) is 11.3 Å². The molecule has 1 aliphatic heterocycles. The van der Waals surface area contributed by atoms with Gasteiger partial charge in [-0.2, -0.15) is 0 Å². The van der Waals surface area contributed by atoms with Crippen molar-refractivity contribution in [2.75, 3.05) is 7.11 Å². The first-order chi connectivity index (χ1) is 17.1. The van der Waals surface area contributed by atoms with Crippen LogP contribution in [0, 0.1) is 0 Å². The lowest BCUT2D eigenvalue weighted by Gasteiger charge is -2.37. The molecule has 0 radical (unpaired) electrons. The molecule has 1 amide bonds. The highest BCUT2D eigenvalue weighted by molar-refractivity contribution is 7.09. The molecule has 3 heterocycles. The number of benzene rings is 1. The first-order valence-electron chi connectivity index (χ1n) is 12.0. The Hall–Kier alpha value is -3.33. The Kier molecular flexibility index (Phi) is 7.13. The van der Waals surface area contributed by atoms with Crippen molar-refractivity contribution in [3.8, 4) is 5.75 Å². The molecule has 9 heteroatoms. The zero-order valence-electron chi connectivity index (χ0n) is 21.3. The molecule has 0 aliphatic carbocycles. The molecule has 0 saturated carbocycles. The van der Waals surface area contributed by atoms with Gasteiger partial charge in [0.25, 0.3) is 5.91 Å². The SMILES string of the molecule is CCC[C@@]1(C(=O)O)C[C@H](c2cnccn2)[C@H](c2nccs2)N1C(=O)c1ccc(C(C)(C)C)c(OC)c1. The van der Waals surface area contributed by atoms with Crippen molar-refractivity contribution in [1.82, 2.24) is 19.9 Å². The number of carboxylic acids is 1. The van der Waals surface area contributed by atoms with E-state index in [-0.39, 0.29) is 23.7 Å². The summed E-state index contributed by atoms with van der Waals surface area (Å²) in [6.07, 6.45) is 7.64. The number of nitrogens with zero attached hydrogens (tertiary/aromatic N) is 4. The summed E-state index contributed by atoms with van der Waals surface area (Å²) in [6.45, 7) is 8.16. The molecule has 3 aromatic rings. The van der Waals surface area contributed by atoms with E-state index < -0.39 is 17.6 Å². The molecule has 2 aromatic heterocycles. The first-order valence-corrected chi connectivity index (χ1v) is 12.9. The van der Waals surface area contributed by atoms with Crippen LogP contribution in [0.4, 0.5) is 0 Å². The predicted molar refractivity (Wildman–Crippen MR) is 137 cm³/mol. The summed E-state index contributed by atoms with van der Waals surface area (Å²) in [5.74, 6) is -1.16. The summed E-state index contributed by atoms with van der Waals surface area (Å²) in [7, 11) is 1.58. The van der Waals surface area contributed by atoms with Crippen molar-refractivity contribution < 1.29 is 19.4 Å². The number of aromatic nitrogens is 3. The van der Waals surface area contributed by atoms with Crippen LogP contribution in [0.15, 0.2) is 48.4 Å². The van der Waals surface area contributed by atoms with Gasteiger partial charge in [-0.3, -0.25) is 14.8 Å². The van der Waals surface area contributed by atoms with Crippen LogP contribution >= 0.6 is 11.3 Å². The van der Waals surface area contributed by atoms with Crippen molar-refractivity contribution in [1.29, 1.82) is 0 Å². The zero-order valence-corrected chi connectivity index (χ0v) is 22.1. The molecule has 0 spiro atoms. The van der Waals surface area contributed by atoms with Gasteiger partial charge in [0.05, 0.1) is 18.8 Å². The number of thiazole rings is 1.